The molecule has 2 unspecified atom stereocenters. The van der Waals surface area contributed by atoms with Gasteiger partial charge in [-0.3, -0.25) is 0 Å². The van der Waals surface area contributed by atoms with Crippen LogP contribution in [0.3, 0.4) is 0 Å². The molecular weight excluding hydrogens is 380 g/mol. The maximum absolute atomic E-state index is 11.1. The predicted molar refractivity (Wildman–Crippen MR) is 127 cm³/mol. The molecule has 4 aliphatic rings. The van der Waals surface area contributed by atoms with Gasteiger partial charge in [0.1, 0.15) is 11.5 Å². The van der Waals surface area contributed by atoms with Crippen molar-refractivity contribution in [1.82, 2.24) is 0 Å². The minimum Gasteiger partial charge on any atom is -0.508 e. The summed E-state index contributed by atoms with van der Waals surface area (Å²) in [6, 6.07) is 12.7. The Kier molecular flexibility index (Phi) is 4.57. The molecule has 0 saturated heterocycles. The number of hydrogen-bond donors (Lipinski definition) is 2. The summed E-state index contributed by atoms with van der Waals surface area (Å²) in [6.07, 6.45) is 10.7. The zero-order valence-electron chi connectivity index (χ0n) is 19.7. The van der Waals surface area contributed by atoms with Gasteiger partial charge < -0.3 is 10.2 Å². The lowest BCUT2D eigenvalue weighted by molar-refractivity contribution is -0.147. The zero-order chi connectivity index (χ0) is 22.1. The molecule has 4 bridgehead atoms. The fourth-order valence-electron chi connectivity index (χ4n) is 8.99. The molecule has 6 rings (SSSR count). The molecular formula is C29H38O2. The third-order valence-corrected chi connectivity index (χ3v) is 9.26. The van der Waals surface area contributed by atoms with E-state index < -0.39 is 0 Å². The van der Waals surface area contributed by atoms with Gasteiger partial charge in [-0.05, 0) is 92.9 Å². The second-order valence-corrected chi connectivity index (χ2v) is 11.8. The van der Waals surface area contributed by atoms with Crippen LogP contribution in [-0.4, -0.2) is 10.2 Å². The molecule has 31 heavy (non-hydrogen) atoms. The predicted octanol–water partition coefficient (Wildman–Crippen LogP) is 7.45. The molecule has 0 spiro atoms. The van der Waals surface area contributed by atoms with Crippen LogP contribution in [0.5, 0.6) is 11.5 Å². The summed E-state index contributed by atoms with van der Waals surface area (Å²) >= 11 is 0. The molecule has 4 saturated carbocycles. The lowest BCUT2D eigenvalue weighted by Crippen LogP contribution is -2.64. The highest BCUT2D eigenvalue weighted by atomic mass is 16.3. The van der Waals surface area contributed by atoms with Crippen LogP contribution in [0.2, 0.25) is 0 Å². The van der Waals surface area contributed by atoms with E-state index in [2.05, 4.69) is 52.0 Å². The second-order valence-electron chi connectivity index (χ2n) is 11.8. The molecule has 2 aromatic carbocycles. The van der Waals surface area contributed by atoms with E-state index in [1.807, 2.05) is 12.1 Å². The third kappa shape index (κ3) is 3.04. The van der Waals surface area contributed by atoms with Crippen molar-refractivity contribution < 1.29 is 10.2 Å². The molecule has 2 N–H and O–H groups in total. The van der Waals surface area contributed by atoms with Gasteiger partial charge >= 0.3 is 0 Å². The second kappa shape index (κ2) is 6.77. The Balaban J connectivity index is 1.74. The first-order valence-electron chi connectivity index (χ1n) is 12.3. The van der Waals surface area contributed by atoms with Crippen molar-refractivity contribution in [2.75, 3.05) is 0 Å². The Morgan fingerprint density at radius 3 is 1.58 bits per heavy atom. The summed E-state index contributed by atoms with van der Waals surface area (Å²) in [5, 5.41) is 22.2. The Hall–Kier alpha value is -1.96. The Labute approximate surface area is 187 Å². The summed E-state index contributed by atoms with van der Waals surface area (Å²) in [5.41, 5.74) is 5.13. The van der Waals surface area contributed by atoms with E-state index in [1.165, 1.54) is 51.4 Å². The van der Waals surface area contributed by atoms with Gasteiger partial charge in [0.2, 0.25) is 0 Å². The molecule has 2 aromatic rings. The van der Waals surface area contributed by atoms with Crippen LogP contribution in [0.25, 0.3) is 0 Å². The maximum Gasteiger partial charge on any atom is 0.119 e. The normalized spacial score (nSPS) is 36.1. The Bertz CT molecular complexity index is 952. The van der Waals surface area contributed by atoms with Crippen LogP contribution in [0.15, 0.2) is 36.4 Å². The van der Waals surface area contributed by atoms with Gasteiger partial charge in [-0.15, -0.1) is 0 Å². The maximum atomic E-state index is 11.1. The number of benzene rings is 2. The monoisotopic (exact) mass is 418 g/mol. The number of rotatable bonds is 5. The molecule has 0 radical (unpaired) electrons. The third-order valence-electron chi connectivity index (χ3n) is 9.26. The number of hydrogen-bond acceptors (Lipinski definition) is 2. The summed E-state index contributed by atoms with van der Waals surface area (Å²) < 4.78 is 0. The van der Waals surface area contributed by atoms with Gasteiger partial charge in [0.15, 0.2) is 0 Å². The summed E-state index contributed by atoms with van der Waals surface area (Å²) in [4.78, 5) is 0. The first-order valence-corrected chi connectivity index (χ1v) is 12.3. The Morgan fingerprint density at radius 2 is 1.16 bits per heavy atom. The molecule has 2 atom stereocenters. The van der Waals surface area contributed by atoms with Crippen molar-refractivity contribution in [1.29, 1.82) is 0 Å². The minimum absolute atomic E-state index is 0.00492. The van der Waals surface area contributed by atoms with Crippen molar-refractivity contribution >= 4 is 0 Å². The largest absolute Gasteiger partial charge is 0.508 e. The van der Waals surface area contributed by atoms with E-state index in [9.17, 15) is 10.2 Å². The Morgan fingerprint density at radius 1 is 0.677 bits per heavy atom. The molecule has 0 amide bonds. The van der Waals surface area contributed by atoms with Crippen molar-refractivity contribution in [2.45, 2.75) is 96.3 Å². The lowest BCUT2D eigenvalue weighted by Gasteiger charge is -2.71. The van der Waals surface area contributed by atoms with Crippen molar-refractivity contribution in [3.05, 3.63) is 58.7 Å². The van der Waals surface area contributed by atoms with Crippen LogP contribution in [0, 0.1) is 24.7 Å². The van der Waals surface area contributed by atoms with Crippen LogP contribution in [-0.2, 0) is 10.8 Å². The summed E-state index contributed by atoms with van der Waals surface area (Å²) in [7, 11) is 0. The van der Waals surface area contributed by atoms with Crippen LogP contribution in [0.1, 0.15) is 93.9 Å². The first kappa shape index (κ1) is 20.9. The number of aromatic hydroxyl groups is 2. The van der Waals surface area contributed by atoms with Gasteiger partial charge in [-0.2, -0.15) is 0 Å². The molecule has 0 heterocycles. The van der Waals surface area contributed by atoms with Gasteiger partial charge in [-0.1, -0.05) is 51.0 Å². The number of phenolic OH excluding ortho intramolecular Hbond substituents is 2. The van der Waals surface area contributed by atoms with E-state index >= 15 is 0 Å². The first-order chi connectivity index (χ1) is 14.7. The molecule has 2 nitrogen and oxygen atoms in total. The van der Waals surface area contributed by atoms with Crippen LogP contribution in [0.4, 0.5) is 0 Å². The van der Waals surface area contributed by atoms with Gasteiger partial charge in [0, 0.05) is 22.0 Å². The van der Waals surface area contributed by atoms with Crippen molar-refractivity contribution in [2.24, 2.45) is 10.8 Å². The molecule has 0 aromatic heterocycles. The van der Waals surface area contributed by atoms with Crippen LogP contribution < -0.4 is 0 Å². The number of phenols is 2. The quantitative estimate of drug-likeness (QED) is 0.529. The van der Waals surface area contributed by atoms with Gasteiger partial charge in [-0.25, -0.2) is 0 Å². The van der Waals surface area contributed by atoms with Crippen molar-refractivity contribution in [3.8, 4) is 11.5 Å². The highest BCUT2D eigenvalue weighted by Gasteiger charge is 2.68. The van der Waals surface area contributed by atoms with Crippen LogP contribution >= 0.6 is 0 Å². The highest BCUT2D eigenvalue weighted by Crippen LogP contribution is 2.76. The molecule has 4 fully saturated rings. The smallest absolute Gasteiger partial charge is 0.119 e. The summed E-state index contributed by atoms with van der Waals surface area (Å²) in [5.74, 6) is 0.950. The van der Waals surface area contributed by atoms with E-state index in [4.69, 9.17) is 0 Å². The summed E-state index contributed by atoms with van der Waals surface area (Å²) in [6.45, 7) is 8.81. The van der Waals surface area contributed by atoms with Crippen molar-refractivity contribution in [3.63, 3.8) is 0 Å². The average Bonchev–Trinajstić information content (AvgIpc) is 2.66. The SMILES string of the molecule is CCCC12CC3(CC)CC(c4ccc(C)cc4O)(C1)CC(c1ccc(C)cc1O)(C3)C2. The highest BCUT2D eigenvalue weighted by molar-refractivity contribution is 5.49. The number of aryl methyl sites for hydroxylation is 2. The van der Waals surface area contributed by atoms with E-state index in [0.29, 0.717) is 22.3 Å². The zero-order valence-corrected chi connectivity index (χ0v) is 19.7. The average molecular weight is 419 g/mol. The minimum atomic E-state index is -0.00492. The topological polar surface area (TPSA) is 40.5 Å². The van der Waals surface area contributed by atoms with E-state index in [-0.39, 0.29) is 10.8 Å². The van der Waals surface area contributed by atoms with Gasteiger partial charge in [0.05, 0.1) is 0 Å². The fourth-order valence-corrected chi connectivity index (χ4v) is 8.99. The molecule has 166 valence electrons. The molecule has 2 heteroatoms. The standard InChI is InChI=1S/C29H38O2/c1-5-11-27-14-26(6-2)15-28(17-27,22-9-7-20(3)12-24(22)30)19-29(16-26,18-27)23-10-8-21(4)13-25(23)31/h7-10,12-13,30-31H,5-6,11,14-19H2,1-4H3. The van der Waals surface area contributed by atoms with Gasteiger partial charge in [0.25, 0.3) is 0 Å². The molecule has 0 aliphatic heterocycles. The fraction of sp³-hybridized carbons (Fsp3) is 0.586. The van der Waals surface area contributed by atoms with E-state index in [0.717, 1.165) is 28.7 Å². The lowest BCUT2D eigenvalue weighted by atomic mass is 9.32. The molecule has 4 aliphatic carbocycles. The van der Waals surface area contributed by atoms with E-state index in [1.54, 1.807) is 0 Å².